The van der Waals surface area contributed by atoms with Gasteiger partial charge < -0.3 is 34.1 Å². The van der Waals surface area contributed by atoms with Crippen LogP contribution in [0.4, 0.5) is 5.82 Å². The molecule has 0 saturated carbocycles. The van der Waals surface area contributed by atoms with Gasteiger partial charge in [-0.3, -0.25) is 4.57 Å². The zero-order valence-corrected chi connectivity index (χ0v) is 25.4. The lowest BCUT2D eigenvalue weighted by Crippen LogP contribution is -2.43. The second-order valence-corrected chi connectivity index (χ2v) is 11.5. The van der Waals surface area contributed by atoms with Crippen molar-refractivity contribution >= 4 is 17.0 Å². The van der Waals surface area contributed by atoms with Crippen molar-refractivity contribution in [1.82, 2.24) is 19.5 Å². The molecule has 3 aromatic carbocycles. The molecule has 2 aromatic heterocycles. The Bertz CT molecular complexity index is 1730. The van der Waals surface area contributed by atoms with Crippen molar-refractivity contribution in [1.29, 1.82) is 0 Å². The van der Waals surface area contributed by atoms with Crippen LogP contribution >= 0.6 is 0 Å². The van der Waals surface area contributed by atoms with Crippen LogP contribution in [0.5, 0.6) is 5.75 Å². The number of nitrogens with zero attached hydrogens (tertiary/aromatic N) is 4. The number of aromatic nitrogens is 4. The average Bonchev–Trinajstić information content (AvgIpc) is 3.74. The molecule has 11 nitrogen and oxygen atoms in total. The predicted molar refractivity (Wildman–Crippen MR) is 165 cm³/mol. The Balaban J connectivity index is 1.37. The number of hydrogen-bond acceptors (Lipinski definition) is 10. The minimum absolute atomic E-state index is 0.521. The van der Waals surface area contributed by atoms with Gasteiger partial charge in [-0.15, -0.1) is 0 Å². The van der Waals surface area contributed by atoms with Crippen LogP contribution in [0.2, 0.25) is 0 Å². The third-order valence-electron chi connectivity index (χ3n) is 8.77. The molecule has 3 unspecified atom stereocenters. The molecule has 11 heteroatoms. The molecule has 7 rings (SSSR count). The number of rotatable bonds is 9. The van der Waals surface area contributed by atoms with Crippen molar-refractivity contribution in [3.8, 4) is 5.75 Å². The molecule has 0 spiro atoms. The third kappa shape index (κ3) is 4.75. The van der Waals surface area contributed by atoms with Gasteiger partial charge in [-0.25, -0.2) is 15.0 Å². The van der Waals surface area contributed by atoms with E-state index in [0.29, 0.717) is 17.0 Å². The number of ether oxygens (including phenoxy) is 5. The third-order valence-corrected chi connectivity index (χ3v) is 8.77. The first-order valence-electron chi connectivity index (χ1n) is 14.8. The Labute approximate surface area is 260 Å². The molecule has 232 valence electrons. The molecule has 0 radical (unpaired) electrons. The van der Waals surface area contributed by atoms with Gasteiger partial charge in [-0.1, -0.05) is 72.8 Å². The van der Waals surface area contributed by atoms with E-state index in [4.69, 9.17) is 33.7 Å². The van der Waals surface area contributed by atoms with Crippen molar-refractivity contribution in [2.45, 2.75) is 56.0 Å². The van der Waals surface area contributed by atoms with Gasteiger partial charge in [0.05, 0.1) is 19.5 Å². The summed E-state index contributed by atoms with van der Waals surface area (Å²) in [7, 11) is 3.16. The maximum atomic E-state index is 10.6. The van der Waals surface area contributed by atoms with Gasteiger partial charge in [0.1, 0.15) is 35.4 Å². The molecule has 5 aromatic rings. The maximum Gasteiger partial charge on any atom is 0.272 e. The number of imidazole rings is 1. The zero-order valence-electron chi connectivity index (χ0n) is 25.4. The van der Waals surface area contributed by atoms with Gasteiger partial charge in [0.25, 0.3) is 6.48 Å². The van der Waals surface area contributed by atoms with E-state index >= 15 is 0 Å². The lowest BCUT2D eigenvalue weighted by atomic mass is 9.77. The standard InChI is InChI=1S/C34H35N5O6/c1-21(40)27-28-33(2,45-32(42-4)44-28)31(43-27)39-20-37-26-29(35-19-36-30(26)39)38-34(22-11-7-5-8-12-22,23-13-9-6-10-14-23)24-15-17-25(41-3)18-16-24/h5-21,27-28,31-32,40H,1-4H3,(H,35,36,38)/t21?,27?,28-,31-,32?,33-/m1/s1. The maximum absolute atomic E-state index is 10.6. The van der Waals surface area contributed by atoms with Gasteiger partial charge in [0, 0.05) is 7.11 Å². The summed E-state index contributed by atoms with van der Waals surface area (Å²) in [6.45, 7) is 2.66. The molecule has 2 aliphatic rings. The van der Waals surface area contributed by atoms with E-state index < -0.39 is 42.2 Å². The van der Waals surface area contributed by atoms with Crippen molar-refractivity contribution < 1.29 is 28.8 Å². The molecule has 2 fully saturated rings. The summed E-state index contributed by atoms with van der Waals surface area (Å²) in [6.07, 6.45) is 0.388. The average molecular weight is 610 g/mol. The van der Waals surface area contributed by atoms with Crippen LogP contribution in [-0.2, 0) is 24.5 Å². The predicted octanol–water partition coefficient (Wildman–Crippen LogP) is 4.62. The normalized spacial score (nSPS) is 25.3. The van der Waals surface area contributed by atoms with Crippen LogP contribution in [0.1, 0.15) is 36.8 Å². The van der Waals surface area contributed by atoms with Gasteiger partial charge >= 0.3 is 0 Å². The molecule has 4 heterocycles. The Morgan fingerprint density at radius 1 is 0.889 bits per heavy atom. The van der Waals surface area contributed by atoms with Crippen LogP contribution in [0.15, 0.2) is 97.6 Å². The Morgan fingerprint density at radius 3 is 2.13 bits per heavy atom. The summed E-state index contributed by atoms with van der Waals surface area (Å²) in [5, 5.41) is 14.4. The largest absolute Gasteiger partial charge is 0.497 e. The fraction of sp³-hybridized carbons (Fsp3) is 0.324. The highest BCUT2D eigenvalue weighted by Gasteiger charge is 2.63. The van der Waals surface area contributed by atoms with Crippen LogP contribution < -0.4 is 10.1 Å². The summed E-state index contributed by atoms with van der Waals surface area (Å²) in [5.74, 6) is 1.28. The number of anilines is 1. The molecule has 0 amide bonds. The molecular weight excluding hydrogens is 574 g/mol. The van der Waals surface area contributed by atoms with Crippen molar-refractivity contribution in [2.24, 2.45) is 0 Å². The highest BCUT2D eigenvalue weighted by Crippen LogP contribution is 2.50. The summed E-state index contributed by atoms with van der Waals surface area (Å²) in [6, 6.07) is 28.4. The quantitative estimate of drug-likeness (QED) is 0.229. The van der Waals surface area contributed by atoms with Crippen LogP contribution in [0, 0.1) is 0 Å². The first kappa shape index (κ1) is 29.3. The Morgan fingerprint density at radius 2 is 1.53 bits per heavy atom. The Kier molecular flexibility index (Phi) is 7.50. The molecule has 2 saturated heterocycles. The SMILES string of the molecule is COc1ccc(C(Nc2ncnc3c2ncn3[C@@H]2OC(C(C)O)[C@H]3OC(OC)O[C@]32C)(c2ccccc2)c2ccccc2)cc1. The van der Waals surface area contributed by atoms with E-state index in [1.54, 1.807) is 24.9 Å². The van der Waals surface area contributed by atoms with Gasteiger partial charge in [-0.2, -0.15) is 0 Å². The monoisotopic (exact) mass is 609 g/mol. The zero-order chi connectivity index (χ0) is 31.2. The second-order valence-electron chi connectivity index (χ2n) is 11.5. The number of methoxy groups -OCH3 is 2. The molecule has 2 aliphatic heterocycles. The number of benzene rings is 3. The van der Waals surface area contributed by atoms with E-state index in [9.17, 15) is 5.11 Å². The number of nitrogens with one attached hydrogen (secondary N) is 1. The summed E-state index contributed by atoms with van der Waals surface area (Å²) < 4.78 is 31.2. The van der Waals surface area contributed by atoms with Gasteiger partial charge in [-0.05, 0) is 42.7 Å². The first-order chi connectivity index (χ1) is 21.9. The molecule has 2 N–H and O–H groups in total. The highest BCUT2D eigenvalue weighted by atomic mass is 16.9. The smallest absolute Gasteiger partial charge is 0.272 e. The number of aliphatic hydroxyl groups excluding tert-OH is 1. The Hall–Kier alpha value is -4.39. The van der Waals surface area contributed by atoms with E-state index in [1.165, 1.54) is 13.4 Å². The van der Waals surface area contributed by atoms with Crippen LogP contribution in [-0.4, -0.2) is 69.2 Å². The van der Waals surface area contributed by atoms with Crippen molar-refractivity contribution in [2.75, 3.05) is 19.5 Å². The number of fused-ring (bicyclic) bond motifs is 2. The van der Waals surface area contributed by atoms with E-state index in [2.05, 4.69) is 46.7 Å². The molecule has 0 bridgehead atoms. The van der Waals surface area contributed by atoms with Crippen molar-refractivity contribution in [3.63, 3.8) is 0 Å². The fourth-order valence-corrected chi connectivity index (χ4v) is 6.55. The first-order valence-corrected chi connectivity index (χ1v) is 14.8. The molecule has 0 aliphatic carbocycles. The van der Waals surface area contributed by atoms with Gasteiger partial charge in [0.15, 0.2) is 23.2 Å². The lowest BCUT2D eigenvalue weighted by Gasteiger charge is -2.37. The summed E-state index contributed by atoms with van der Waals surface area (Å²) >= 11 is 0. The van der Waals surface area contributed by atoms with E-state index in [1.807, 2.05) is 55.5 Å². The van der Waals surface area contributed by atoms with Crippen LogP contribution in [0.3, 0.4) is 0 Å². The summed E-state index contributed by atoms with van der Waals surface area (Å²) in [4.78, 5) is 14.1. The fourth-order valence-electron chi connectivity index (χ4n) is 6.55. The number of hydrogen-bond donors (Lipinski definition) is 2. The second kappa shape index (κ2) is 11.5. The van der Waals surface area contributed by atoms with E-state index in [0.717, 1.165) is 22.4 Å². The minimum Gasteiger partial charge on any atom is -0.497 e. The number of aliphatic hydroxyl groups is 1. The molecule has 6 atom stereocenters. The molecule has 45 heavy (non-hydrogen) atoms. The molecular formula is C34H35N5O6. The summed E-state index contributed by atoms with van der Waals surface area (Å²) in [5.41, 5.74) is 2.18. The van der Waals surface area contributed by atoms with E-state index in [-0.39, 0.29) is 0 Å². The van der Waals surface area contributed by atoms with Crippen LogP contribution in [0.25, 0.3) is 11.2 Å². The minimum atomic E-state index is -0.991. The topological polar surface area (TPSA) is 122 Å². The highest BCUT2D eigenvalue weighted by molar-refractivity contribution is 5.84. The lowest BCUT2D eigenvalue weighted by molar-refractivity contribution is -0.271. The van der Waals surface area contributed by atoms with Gasteiger partial charge in [0.2, 0.25) is 0 Å². The van der Waals surface area contributed by atoms with Crippen molar-refractivity contribution in [3.05, 3.63) is 114 Å².